The highest BCUT2D eigenvalue weighted by Crippen LogP contribution is 2.36. The van der Waals surface area contributed by atoms with E-state index in [1.54, 1.807) is 30.3 Å². The number of hydrogen-bond acceptors (Lipinski definition) is 6. The third kappa shape index (κ3) is 5.28. The van der Waals surface area contributed by atoms with E-state index in [1.807, 2.05) is 13.0 Å². The molecule has 9 heteroatoms. The van der Waals surface area contributed by atoms with E-state index in [9.17, 15) is 9.59 Å². The van der Waals surface area contributed by atoms with Crippen molar-refractivity contribution in [3.63, 3.8) is 0 Å². The van der Waals surface area contributed by atoms with Gasteiger partial charge >= 0.3 is 0 Å². The van der Waals surface area contributed by atoms with Crippen molar-refractivity contribution in [1.29, 1.82) is 0 Å². The second-order valence-corrected chi connectivity index (χ2v) is 7.61. The molecule has 3 rings (SSSR count). The summed E-state index contributed by atoms with van der Waals surface area (Å²) in [5.74, 6) is 0.478. The maximum absolute atomic E-state index is 12.3. The van der Waals surface area contributed by atoms with E-state index in [0.29, 0.717) is 39.5 Å². The van der Waals surface area contributed by atoms with Crippen LogP contribution < -0.4 is 20.1 Å². The molecule has 0 unspecified atom stereocenters. The van der Waals surface area contributed by atoms with Gasteiger partial charge < -0.3 is 14.8 Å². The van der Waals surface area contributed by atoms with Gasteiger partial charge in [0.2, 0.25) is 11.8 Å². The number of methoxy groups -OCH3 is 1. The van der Waals surface area contributed by atoms with Crippen molar-refractivity contribution in [1.82, 2.24) is 4.98 Å². The zero-order chi connectivity index (χ0) is 21.7. The number of nitrogens with one attached hydrogen (secondary N) is 2. The lowest BCUT2D eigenvalue weighted by molar-refractivity contribution is -0.114. The Balaban J connectivity index is 1.73. The lowest BCUT2D eigenvalue weighted by Gasteiger charge is -2.11. The molecular formula is C21H20ClN3O4S. The third-order valence-electron chi connectivity index (χ3n) is 3.90. The van der Waals surface area contributed by atoms with Gasteiger partial charge in [-0.05, 0) is 48.9 Å². The molecule has 0 aliphatic heterocycles. The van der Waals surface area contributed by atoms with Gasteiger partial charge in [0.05, 0.1) is 29.0 Å². The first-order valence-corrected chi connectivity index (χ1v) is 10.3. The predicted octanol–water partition coefficient (Wildman–Crippen LogP) is 4.97. The van der Waals surface area contributed by atoms with Crippen LogP contribution in [0.4, 0.5) is 10.8 Å². The summed E-state index contributed by atoms with van der Waals surface area (Å²) in [5.41, 5.74) is 2.11. The number of carbonyl (C=O) groups excluding carboxylic acids is 2. The Morgan fingerprint density at radius 1 is 1.23 bits per heavy atom. The van der Waals surface area contributed by atoms with Crippen molar-refractivity contribution in [3.8, 4) is 11.5 Å². The molecule has 1 heterocycles. The number of carbonyl (C=O) groups is 2. The van der Waals surface area contributed by atoms with Crippen LogP contribution in [0.2, 0.25) is 5.02 Å². The SMILES string of the molecule is CCOc1cc(/C=C/C(=O)Nc2nc3ccc(NC(C)=O)cc3s2)cc(Cl)c1OC. The highest BCUT2D eigenvalue weighted by Gasteiger charge is 2.11. The molecule has 2 amide bonds. The summed E-state index contributed by atoms with van der Waals surface area (Å²) in [6.07, 6.45) is 3.02. The third-order valence-corrected chi connectivity index (χ3v) is 5.12. The lowest BCUT2D eigenvalue weighted by atomic mass is 10.2. The van der Waals surface area contributed by atoms with E-state index in [0.717, 1.165) is 10.2 Å². The summed E-state index contributed by atoms with van der Waals surface area (Å²) in [6.45, 7) is 3.77. The van der Waals surface area contributed by atoms with Crippen molar-refractivity contribution >= 4 is 61.9 Å². The maximum atomic E-state index is 12.3. The molecule has 0 aliphatic carbocycles. The average Bonchev–Trinajstić information content (AvgIpc) is 3.07. The van der Waals surface area contributed by atoms with Crippen molar-refractivity contribution < 1.29 is 19.1 Å². The molecule has 0 bridgehead atoms. The highest BCUT2D eigenvalue weighted by molar-refractivity contribution is 7.22. The lowest BCUT2D eigenvalue weighted by Crippen LogP contribution is -2.07. The minimum absolute atomic E-state index is 0.149. The Hall–Kier alpha value is -3.10. The molecule has 0 spiro atoms. The number of fused-ring (bicyclic) bond motifs is 1. The van der Waals surface area contributed by atoms with Crippen molar-refractivity contribution in [2.75, 3.05) is 24.4 Å². The van der Waals surface area contributed by atoms with Gasteiger partial charge in [0.15, 0.2) is 16.6 Å². The molecule has 0 fully saturated rings. The second-order valence-electron chi connectivity index (χ2n) is 6.17. The first kappa shape index (κ1) is 21.6. The molecule has 0 radical (unpaired) electrons. The van der Waals surface area contributed by atoms with Crippen LogP contribution in [-0.4, -0.2) is 30.5 Å². The molecule has 2 N–H and O–H groups in total. The van der Waals surface area contributed by atoms with Crippen LogP contribution >= 0.6 is 22.9 Å². The number of aromatic nitrogens is 1. The Kier molecular flexibility index (Phi) is 6.91. The summed E-state index contributed by atoms with van der Waals surface area (Å²) in [6, 6.07) is 8.80. The number of anilines is 2. The number of amides is 2. The normalized spacial score (nSPS) is 10.9. The zero-order valence-electron chi connectivity index (χ0n) is 16.6. The average molecular weight is 446 g/mol. The van der Waals surface area contributed by atoms with Gasteiger partial charge in [0.1, 0.15) is 0 Å². The van der Waals surface area contributed by atoms with Crippen LogP contribution in [0.5, 0.6) is 11.5 Å². The minimum atomic E-state index is -0.332. The fourth-order valence-electron chi connectivity index (χ4n) is 2.72. The van der Waals surface area contributed by atoms with Gasteiger partial charge in [0, 0.05) is 18.7 Å². The molecular weight excluding hydrogens is 426 g/mol. The highest BCUT2D eigenvalue weighted by atomic mass is 35.5. The Morgan fingerprint density at radius 3 is 2.73 bits per heavy atom. The number of halogens is 1. The zero-order valence-corrected chi connectivity index (χ0v) is 18.2. The molecule has 0 atom stereocenters. The Morgan fingerprint density at radius 2 is 2.03 bits per heavy atom. The molecule has 7 nitrogen and oxygen atoms in total. The van der Waals surface area contributed by atoms with Crippen molar-refractivity contribution in [2.45, 2.75) is 13.8 Å². The van der Waals surface area contributed by atoms with Crippen LogP contribution in [0.15, 0.2) is 36.4 Å². The number of ether oxygens (including phenoxy) is 2. The van der Waals surface area contributed by atoms with Gasteiger partial charge in [0.25, 0.3) is 0 Å². The predicted molar refractivity (Wildman–Crippen MR) is 121 cm³/mol. The van der Waals surface area contributed by atoms with Crippen LogP contribution in [0, 0.1) is 0 Å². The van der Waals surface area contributed by atoms with E-state index in [1.165, 1.54) is 31.4 Å². The van der Waals surface area contributed by atoms with E-state index < -0.39 is 0 Å². The van der Waals surface area contributed by atoms with Crippen LogP contribution in [-0.2, 0) is 9.59 Å². The molecule has 1 aromatic heterocycles. The van der Waals surface area contributed by atoms with Gasteiger partial charge in [-0.25, -0.2) is 4.98 Å². The number of benzene rings is 2. The number of thiazole rings is 1. The minimum Gasteiger partial charge on any atom is -0.491 e. The van der Waals surface area contributed by atoms with E-state index in [-0.39, 0.29) is 11.8 Å². The fourth-order valence-corrected chi connectivity index (χ4v) is 3.93. The van der Waals surface area contributed by atoms with Gasteiger partial charge in [-0.3, -0.25) is 14.9 Å². The van der Waals surface area contributed by atoms with E-state index in [2.05, 4.69) is 15.6 Å². The summed E-state index contributed by atoms with van der Waals surface area (Å²) in [4.78, 5) is 27.9. The molecule has 156 valence electrons. The Labute approximate surface area is 182 Å². The van der Waals surface area contributed by atoms with Gasteiger partial charge in [-0.2, -0.15) is 0 Å². The van der Waals surface area contributed by atoms with Crippen LogP contribution in [0.25, 0.3) is 16.3 Å². The standard InChI is InChI=1S/C21H20ClN3O4S/c1-4-29-17-10-13(9-15(22)20(17)28-3)5-8-19(27)25-21-24-16-7-6-14(23-12(2)26)11-18(16)30-21/h5-11H,4H2,1-3H3,(H,23,26)(H,24,25,27)/b8-5+. The molecule has 0 saturated carbocycles. The number of hydrogen-bond donors (Lipinski definition) is 2. The summed E-state index contributed by atoms with van der Waals surface area (Å²) in [7, 11) is 1.52. The molecule has 2 aromatic carbocycles. The fraction of sp³-hybridized carbons (Fsp3) is 0.190. The summed E-state index contributed by atoms with van der Waals surface area (Å²) < 4.78 is 11.6. The van der Waals surface area contributed by atoms with Crippen LogP contribution in [0.1, 0.15) is 19.4 Å². The van der Waals surface area contributed by atoms with E-state index >= 15 is 0 Å². The quantitative estimate of drug-likeness (QED) is 0.501. The summed E-state index contributed by atoms with van der Waals surface area (Å²) in [5, 5.41) is 6.32. The monoisotopic (exact) mass is 445 g/mol. The van der Waals surface area contributed by atoms with E-state index in [4.69, 9.17) is 21.1 Å². The second kappa shape index (κ2) is 9.60. The Bertz CT molecular complexity index is 1130. The largest absolute Gasteiger partial charge is 0.491 e. The molecule has 0 aliphatic rings. The van der Waals surface area contributed by atoms with Crippen molar-refractivity contribution in [3.05, 3.63) is 47.0 Å². The number of rotatable bonds is 7. The van der Waals surface area contributed by atoms with Gasteiger partial charge in [-0.1, -0.05) is 22.9 Å². The van der Waals surface area contributed by atoms with Gasteiger partial charge in [-0.15, -0.1) is 0 Å². The molecule has 3 aromatic rings. The first-order chi connectivity index (χ1) is 14.4. The summed E-state index contributed by atoms with van der Waals surface area (Å²) >= 11 is 7.55. The number of nitrogens with zero attached hydrogens (tertiary/aromatic N) is 1. The topological polar surface area (TPSA) is 89.5 Å². The molecule has 30 heavy (non-hydrogen) atoms. The maximum Gasteiger partial charge on any atom is 0.250 e. The smallest absolute Gasteiger partial charge is 0.250 e. The first-order valence-electron chi connectivity index (χ1n) is 9.07. The molecule has 0 saturated heterocycles. The van der Waals surface area contributed by atoms with Crippen LogP contribution in [0.3, 0.4) is 0 Å². The van der Waals surface area contributed by atoms with Crippen molar-refractivity contribution in [2.24, 2.45) is 0 Å².